The van der Waals surface area contributed by atoms with Crippen LogP contribution >= 0.6 is 0 Å². The van der Waals surface area contributed by atoms with E-state index in [4.69, 9.17) is 10.8 Å². The maximum absolute atomic E-state index is 11.1. The molecule has 0 amide bonds. The number of ether oxygens (including phenoxy) is 1. The number of rotatable bonds is 5. The molecule has 0 radical (unpaired) electrons. The molecule has 0 aliphatic carbocycles. The van der Waals surface area contributed by atoms with Crippen LogP contribution in [-0.2, 0) is 27.2 Å². The molecule has 3 N–H and O–H groups in total. The number of hydrogen-bond donors (Lipinski definition) is 2. The highest BCUT2D eigenvalue weighted by Gasteiger charge is 2.14. The van der Waals surface area contributed by atoms with Crippen molar-refractivity contribution in [2.45, 2.75) is 18.9 Å². The zero-order valence-corrected chi connectivity index (χ0v) is 9.55. The molecule has 1 atom stereocenters. The lowest BCUT2D eigenvalue weighted by Gasteiger charge is -2.09. The van der Waals surface area contributed by atoms with Crippen molar-refractivity contribution in [3.8, 4) is 0 Å². The van der Waals surface area contributed by atoms with Gasteiger partial charge in [0.05, 0.1) is 13.5 Å². The van der Waals surface area contributed by atoms with Gasteiger partial charge in [0.25, 0.3) is 0 Å². The molecule has 0 bridgehead atoms. The smallest absolute Gasteiger partial charge is 0.322 e. The largest absolute Gasteiger partial charge is 0.481 e. The molecule has 0 aromatic heterocycles. The van der Waals surface area contributed by atoms with Crippen LogP contribution in [0.5, 0.6) is 0 Å². The van der Waals surface area contributed by atoms with Gasteiger partial charge in [0, 0.05) is 0 Å². The summed E-state index contributed by atoms with van der Waals surface area (Å²) < 4.78 is 4.52. The lowest BCUT2D eigenvalue weighted by Crippen LogP contribution is -2.33. The molecule has 0 spiro atoms. The Morgan fingerprint density at radius 3 is 2.29 bits per heavy atom. The number of carbonyl (C=O) groups is 2. The third kappa shape index (κ3) is 4.24. The van der Waals surface area contributed by atoms with E-state index in [9.17, 15) is 9.59 Å². The second-order valence-electron chi connectivity index (χ2n) is 3.72. The van der Waals surface area contributed by atoms with Crippen LogP contribution in [0, 0.1) is 0 Å². The maximum atomic E-state index is 11.1. The molecule has 1 rings (SSSR count). The highest BCUT2D eigenvalue weighted by atomic mass is 16.5. The Hall–Kier alpha value is -1.88. The summed E-state index contributed by atoms with van der Waals surface area (Å²) in [6.07, 6.45) is 0.364. The van der Waals surface area contributed by atoms with Crippen molar-refractivity contribution in [1.29, 1.82) is 0 Å². The second-order valence-corrected chi connectivity index (χ2v) is 3.72. The molecule has 92 valence electrons. The van der Waals surface area contributed by atoms with Crippen molar-refractivity contribution in [2.24, 2.45) is 5.73 Å². The molecule has 0 aliphatic rings. The molecule has 17 heavy (non-hydrogen) atoms. The van der Waals surface area contributed by atoms with Gasteiger partial charge in [-0.2, -0.15) is 0 Å². The van der Waals surface area contributed by atoms with Crippen LogP contribution in [-0.4, -0.2) is 30.2 Å². The minimum absolute atomic E-state index is 0.0106. The van der Waals surface area contributed by atoms with Crippen LogP contribution in [0.25, 0.3) is 0 Å². The first-order chi connectivity index (χ1) is 8.02. The lowest BCUT2D eigenvalue weighted by atomic mass is 10.0. The number of esters is 1. The van der Waals surface area contributed by atoms with E-state index in [1.165, 1.54) is 7.11 Å². The van der Waals surface area contributed by atoms with Crippen LogP contribution in [0.15, 0.2) is 24.3 Å². The van der Waals surface area contributed by atoms with E-state index >= 15 is 0 Å². The summed E-state index contributed by atoms with van der Waals surface area (Å²) in [7, 11) is 1.29. The summed E-state index contributed by atoms with van der Waals surface area (Å²) >= 11 is 0. The molecule has 1 aromatic rings. The first kappa shape index (κ1) is 13.2. The van der Waals surface area contributed by atoms with Gasteiger partial charge in [-0.1, -0.05) is 24.3 Å². The molecule has 0 unspecified atom stereocenters. The molecule has 0 saturated carbocycles. The highest BCUT2D eigenvalue weighted by molar-refractivity contribution is 5.75. The Kier molecular flexibility index (Phi) is 4.66. The average molecular weight is 237 g/mol. The third-order valence-electron chi connectivity index (χ3n) is 2.34. The van der Waals surface area contributed by atoms with Gasteiger partial charge in [-0.25, -0.2) is 0 Å². The van der Waals surface area contributed by atoms with Crippen molar-refractivity contribution in [3.63, 3.8) is 0 Å². The molecular formula is C12H15NO4. The van der Waals surface area contributed by atoms with E-state index in [2.05, 4.69) is 4.74 Å². The van der Waals surface area contributed by atoms with Crippen molar-refractivity contribution < 1.29 is 19.4 Å². The molecule has 0 fully saturated rings. The Morgan fingerprint density at radius 1 is 1.29 bits per heavy atom. The monoisotopic (exact) mass is 237 g/mol. The van der Waals surface area contributed by atoms with E-state index in [0.717, 1.165) is 5.56 Å². The Bertz CT molecular complexity index is 399. The first-order valence-corrected chi connectivity index (χ1v) is 5.16. The summed E-state index contributed by atoms with van der Waals surface area (Å²) in [5.41, 5.74) is 7.20. The van der Waals surface area contributed by atoms with Gasteiger partial charge in [0.1, 0.15) is 6.04 Å². The summed E-state index contributed by atoms with van der Waals surface area (Å²) in [5, 5.41) is 8.61. The summed E-state index contributed by atoms with van der Waals surface area (Å²) in [4.78, 5) is 21.6. The fourth-order valence-electron chi connectivity index (χ4n) is 1.46. The van der Waals surface area contributed by atoms with Crippen LogP contribution in [0.2, 0.25) is 0 Å². The van der Waals surface area contributed by atoms with Gasteiger partial charge in [-0.3, -0.25) is 9.59 Å². The fraction of sp³-hybridized carbons (Fsp3) is 0.333. The number of methoxy groups -OCH3 is 1. The third-order valence-corrected chi connectivity index (χ3v) is 2.34. The minimum atomic E-state index is -0.871. The van der Waals surface area contributed by atoms with Crippen LogP contribution in [0.1, 0.15) is 11.1 Å². The zero-order valence-electron chi connectivity index (χ0n) is 9.55. The summed E-state index contributed by atoms with van der Waals surface area (Å²) in [6.45, 7) is 0. The quantitative estimate of drug-likeness (QED) is 0.721. The van der Waals surface area contributed by atoms with Crippen LogP contribution in [0.3, 0.4) is 0 Å². The molecule has 0 heterocycles. The zero-order chi connectivity index (χ0) is 12.8. The molecule has 0 saturated heterocycles. The van der Waals surface area contributed by atoms with Crippen molar-refractivity contribution in [3.05, 3.63) is 35.4 Å². The summed E-state index contributed by atoms with van der Waals surface area (Å²) in [5.74, 6) is -1.33. The minimum Gasteiger partial charge on any atom is -0.481 e. The molecule has 1 aromatic carbocycles. The van der Waals surface area contributed by atoms with Gasteiger partial charge in [0.2, 0.25) is 0 Å². The number of nitrogens with two attached hydrogens (primary N) is 1. The predicted molar refractivity (Wildman–Crippen MR) is 61.5 cm³/mol. The number of hydrogen-bond acceptors (Lipinski definition) is 4. The molecule has 5 heteroatoms. The predicted octanol–water partition coefficient (Wildman–Crippen LogP) is 0.356. The Balaban J connectivity index is 2.62. The van der Waals surface area contributed by atoms with E-state index in [1.54, 1.807) is 24.3 Å². The van der Waals surface area contributed by atoms with E-state index in [0.29, 0.717) is 12.0 Å². The Labute approximate surface area is 99.2 Å². The van der Waals surface area contributed by atoms with Gasteiger partial charge < -0.3 is 15.6 Å². The molecule has 0 aliphatic heterocycles. The van der Waals surface area contributed by atoms with E-state index in [-0.39, 0.29) is 6.42 Å². The summed E-state index contributed by atoms with van der Waals surface area (Å²) in [6, 6.07) is 6.27. The Morgan fingerprint density at radius 2 is 1.82 bits per heavy atom. The van der Waals surface area contributed by atoms with Crippen LogP contribution < -0.4 is 5.73 Å². The normalized spacial score (nSPS) is 11.9. The topological polar surface area (TPSA) is 89.6 Å². The fourth-order valence-corrected chi connectivity index (χ4v) is 1.46. The number of carbonyl (C=O) groups excluding carboxylic acids is 1. The maximum Gasteiger partial charge on any atom is 0.322 e. The average Bonchev–Trinajstić information content (AvgIpc) is 2.30. The number of aliphatic carboxylic acids is 1. The van der Waals surface area contributed by atoms with Crippen LogP contribution in [0.4, 0.5) is 0 Å². The van der Waals surface area contributed by atoms with Crippen molar-refractivity contribution >= 4 is 11.9 Å². The second kappa shape index (κ2) is 6.00. The van der Waals surface area contributed by atoms with Crippen molar-refractivity contribution in [2.75, 3.05) is 7.11 Å². The molecule has 5 nitrogen and oxygen atoms in total. The van der Waals surface area contributed by atoms with Gasteiger partial charge >= 0.3 is 11.9 Å². The molecular weight excluding hydrogens is 222 g/mol. The van der Waals surface area contributed by atoms with Gasteiger partial charge in [-0.05, 0) is 17.5 Å². The standard InChI is InChI=1S/C12H15NO4/c1-17-12(16)10(13)6-8-2-4-9(5-3-8)7-11(14)15/h2-5,10H,6-7,13H2,1H3,(H,14,15)/t10-/m0/s1. The van der Waals surface area contributed by atoms with E-state index < -0.39 is 18.0 Å². The van der Waals surface area contributed by atoms with Gasteiger partial charge in [-0.15, -0.1) is 0 Å². The van der Waals surface area contributed by atoms with Gasteiger partial charge in [0.15, 0.2) is 0 Å². The first-order valence-electron chi connectivity index (χ1n) is 5.16. The number of benzene rings is 1. The van der Waals surface area contributed by atoms with Crippen molar-refractivity contribution in [1.82, 2.24) is 0 Å². The van der Waals surface area contributed by atoms with E-state index in [1.807, 2.05) is 0 Å². The number of carboxylic acid groups (broad SMARTS) is 1. The SMILES string of the molecule is COC(=O)[C@@H](N)Cc1ccc(CC(=O)O)cc1. The number of carboxylic acids is 1. The lowest BCUT2D eigenvalue weighted by molar-refractivity contribution is -0.142. The highest BCUT2D eigenvalue weighted by Crippen LogP contribution is 2.07.